The lowest BCUT2D eigenvalue weighted by molar-refractivity contribution is 0.331. The van der Waals surface area contributed by atoms with E-state index in [1.54, 1.807) is 11.3 Å². The van der Waals surface area contributed by atoms with Crippen LogP contribution in [0.5, 0.6) is 5.88 Å². The van der Waals surface area contributed by atoms with Crippen LogP contribution in [0.2, 0.25) is 0 Å². The van der Waals surface area contributed by atoms with E-state index in [9.17, 15) is 0 Å². The van der Waals surface area contributed by atoms with Crippen molar-refractivity contribution in [3.8, 4) is 17.1 Å². The average molecular weight is 484 g/mol. The molecule has 30 heavy (non-hydrogen) atoms. The van der Waals surface area contributed by atoms with Crippen LogP contribution < -0.4 is 15.0 Å². The zero-order chi connectivity index (χ0) is 20.7. The van der Waals surface area contributed by atoms with Gasteiger partial charge in [-0.3, -0.25) is 0 Å². The summed E-state index contributed by atoms with van der Waals surface area (Å²) >= 11 is 5.11. The number of piperazine rings is 1. The van der Waals surface area contributed by atoms with Crippen molar-refractivity contribution in [2.75, 3.05) is 37.7 Å². The highest BCUT2D eigenvalue weighted by atomic mass is 79.9. The van der Waals surface area contributed by atoms with Crippen LogP contribution in [0.25, 0.3) is 31.7 Å². The zero-order valence-electron chi connectivity index (χ0n) is 16.9. The Morgan fingerprint density at radius 3 is 2.63 bits per heavy atom. The minimum absolute atomic E-state index is 0.567. The van der Waals surface area contributed by atoms with E-state index in [2.05, 4.69) is 51.3 Å². The first-order valence-corrected chi connectivity index (χ1v) is 11.7. The first-order chi connectivity index (χ1) is 14.6. The molecule has 4 heterocycles. The Balaban J connectivity index is 1.70. The van der Waals surface area contributed by atoms with Gasteiger partial charge in [0.15, 0.2) is 0 Å². The molecule has 1 aromatic carbocycles. The standard InChI is InChI=1S/C22H22BrN5OS/c1-3-29-20-19-18(26-22(27-20)28-10-8-24-9-11-28)17-13(2)12-16(25-21(17)30-19)14-4-6-15(23)7-5-14/h4-7,12,24H,3,8-11H2,1-2H3. The van der Waals surface area contributed by atoms with Crippen LogP contribution in [-0.2, 0) is 0 Å². The lowest BCUT2D eigenvalue weighted by atomic mass is 10.1. The van der Waals surface area contributed by atoms with Crippen molar-refractivity contribution in [2.45, 2.75) is 13.8 Å². The lowest BCUT2D eigenvalue weighted by Gasteiger charge is -2.27. The number of aromatic nitrogens is 3. The predicted octanol–water partition coefficient (Wildman–Crippen LogP) is 4.79. The molecule has 0 unspecified atom stereocenters. The predicted molar refractivity (Wildman–Crippen MR) is 127 cm³/mol. The quantitative estimate of drug-likeness (QED) is 0.450. The summed E-state index contributed by atoms with van der Waals surface area (Å²) in [5.41, 5.74) is 4.16. The Bertz CT molecular complexity index is 1220. The molecule has 1 saturated heterocycles. The van der Waals surface area contributed by atoms with E-state index in [1.807, 2.05) is 19.1 Å². The van der Waals surface area contributed by atoms with Gasteiger partial charge in [0.2, 0.25) is 11.8 Å². The fraction of sp³-hybridized carbons (Fsp3) is 0.318. The van der Waals surface area contributed by atoms with E-state index >= 15 is 0 Å². The second-order valence-corrected chi connectivity index (χ2v) is 9.20. The lowest BCUT2D eigenvalue weighted by Crippen LogP contribution is -2.44. The second kappa shape index (κ2) is 8.09. The molecular formula is C22H22BrN5OS. The molecule has 0 bridgehead atoms. The Hall–Kier alpha value is -2.29. The number of hydrogen-bond donors (Lipinski definition) is 1. The van der Waals surface area contributed by atoms with Crippen LogP contribution in [0.15, 0.2) is 34.8 Å². The van der Waals surface area contributed by atoms with Crippen molar-refractivity contribution in [1.82, 2.24) is 20.3 Å². The summed E-state index contributed by atoms with van der Waals surface area (Å²) in [6, 6.07) is 10.4. The van der Waals surface area contributed by atoms with Crippen LogP contribution in [-0.4, -0.2) is 47.7 Å². The van der Waals surface area contributed by atoms with E-state index in [-0.39, 0.29) is 0 Å². The Kier molecular flexibility index (Phi) is 5.30. The van der Waals surface area contributed by atoms with E-state index in [4.69, 9.17) is 19.7 Å². The monoisotopic (exact) mass is 483 g/mol. The van der Waals surface area contributed by atoms with Crippen LogP contribution in [0.1, 0.15) is 12.5 Å². The van der Waals surface area contributed by atoms with Gasteiger partial charge in [-0.2, -0.15) is 4.98 Å². The summed E-state index contributed by atoms with van der Waals surface area (Å²) in [6.45, 7) is 8.35. The Labute approximate surface area is 187 Å². The molecule has 1 aliphatic rings. The van der Waals surface area contributed by atoms with E-state index in [0.717, 1.165) is 73.9 Å². The summed E-state index contributed by atoms with van der Waals surface area (Å²) in [4.78, 5) is 17.9. The molecule has 1 aliphatic heterocycles. The zero-order valence-corrected chi connectivity index (χ0v) is 19.3. The maximum absolute atomic E-state index is 5.93. The third-order valence-electron chi connectivity index (χ3n) is 5.26. The van der Waals surface area contributed by atoms with Crippen molar-refractivity contribution >= 4 is 53.6 Å². The molecule has 8 heteroatoms. The number of nitrogens with zero attached hydrogens (tertiary/aromatic N) is 4. The fourth-order valence-electron chi connectivity index (χ4n) is 3.79. The normalized spacial score (nSPS) is 14.6. The van der Waals surface area contributed by atoms with Crippen molar-refractivity contribution in [3.05, 3.63) is 40.4 Å². The number of aryl methyl sites for hydroxylation is 1. The highest BCUT2D eigenvalue weighted by Gasteiger charge is 2.21. The molecule has 5 rings (SSSR count). The first kappa shape index (κ1) is 19.7. The van der Waals surface area contributed by atoms with Gasteiger partial charge in [-0.1, -0.05) is 28.1 Å². The largest absolute Gasteiger partial charge is 0.477 e. The molecular weight excluding hydrogens is 462 g/mol. The number of hydrogen-bond acceptors (Lipinski definition) is 7. The molecule has 154 valence electrons. The van der Waals surface area contributed by atoms with Gasteiger partial charge in [-0.05, 0) is 37.6 Å². The van der Waals surface area contributed by atoms with Gasteiger partial charge in [-0.15, -0.1) is 11.3 Å². The average Bonchev–Trinajstić information content (AvgIpc) is 3.14. The molecule has 4 aromatic rings. The fourth-order valence-corrected chi connectivity index (χ4v) is 5.19. The summed E-state index contributed by atoms with van der Waals surface area (Å²) in [6.07, 6.45) is 0. The summed E-state index contributed by atoms with van der Waals surface area (Å²) in [7, 11) is 0. The number of pyridine rings is 1. The van der Waals surface area contributed by atoms with Crippen LogP contribution in [0.3, 0.4) is 0 Å². The highest BCUT2D eigenvalue weighted by Crippen LogP contribution is 2.40. The topological polar surface area (TPSA) is 63.2 Å². The third kappa shape index (κ3) is 3.53. The molecule has 0 atom stereocenters. The molecule has 1 N–H and O–H groups in total. The number of nitrogens with one attached hydrogen (secondary N) is 1. The van der Waals surface area contributed by atoms with Crippen LogP contribution in [0.4, 0.5) is 5.95 Å². The number of halogens is 1. The van der Waals surface area contributed by atoms with Gasteiger partial charge in [0.25, 0.3) is 0 Å². The minimum Gasteiger partial charge on any atom is -0.477 e. The number of thiophene rings is 1. The molecule has 6 nitrogen and oxygen atoms in total. The van der Waals surface area contributed by atoms with Crippen molar-refractivity contribution in [2.24, 2.45) is 0 Å². The van der Waals surface area contributed by atoms with E-state index in [0.29, 0.717) is 12.5 Å². The maximum Gasteiger partial charge on any atom is 0.236 e. The third-order valence-corrected chi connectivity index (χ3v) is 6.85. The number of benzene rings is 1. The van der Waals surface area contributed by atoms with Gasteiger partial charge >= 0.3 is 0 Å². The Morgan fingerprint density at radius 2 is 1.90 bits per heavy atom. The van der Waals surface area contributed by atoms with Gasteiger partial charge in [0, 0.05) is 41.6 Å². The molecule has 3 aromatic heterocycles. The number of rotatable bonds is 4. The summed E-state index contributed by atoms with van der Waals surface area (Å²) in [5, 5.41) is 4.47. The molecule has 0 spiro atoms. The van der Waals surface area contributed by atoms with Gasteiger partial charge in [-0.25, -0.2) is 9.97 Å². The van der Waals surface area contributed by atoms with Crippen molar-refractivity contribution in [3.63, 3.8) is 0 Å². The molecule has 0 amide bonds. The second-order valence-electron chi connectivity index (χ2n) is 7.29. The summed E-state index contributed by atoms with van der Waals surface area (Å²) < 4.78 is 7.96. The smallest absolute Gasteiger partial charge is 0.236 e. The number of ether oxygens (including phenoxy) is 1. The van der Waals surface area contributed by atoms with E-state index < -0.39 is 0 Å². The van der Waals surface area contributed by atoms with Crippen LogP contribution >= 0.6 is 27.3 Å². The van der Waals surface area contributed by atoms with Gasteiger partial charge in [0.1, 0.15) is 15.0 Å². The molecule has 1 fully saturated rings. The molecule has 0 aliphatic carbocycles. The molecule has 0 saturated carbocycles. The Morgan fingerprint density at radius 1 is 1.13 bits per heavy atom. The van der Waals surface area contributed by atoms with Crippen molar-refractivity contribution < 1.29 is 4.74 Å². The number of fused-ring (bicyclic) bond motifs is 3. The summed E-state index contributed by atoms with van der Waals surface area (Å²) in [5.74, 6) is 1.40. The SMILES string of the molecule is CCOc1nc(N2CCNCC2)nc2c1sc1nc(-c3ccc(Br)cc3)cc(C)c12. The van der Waals surface area contributed by atoms with Crippen LogP contribution in [0, 0.1) is 6.92 Å². The van der Waals surface area contributed by atoms with Gasteiger partial charge < -0.3 is 15.0 Å². The van der Waals surface area contributed by atoms with Crippen molar-refractivity contribution in [1.29, 1.82) is 0 Å². The highest BCUT2D eigenvalue weighted by molar-refractivity contribution is 9.10. The molecule has 0 radical (unpaired) electrons. The maximum atomic E-state index is 5.93. The number of anilines is 1. The van der Waals surface area contributed by atoms with Gasteiger partial charge in [0.05, 0.1) is 12.3 Å². The first-order valence-electron chi connectivity index (χ1n) is 10.1. The van der Waals surface area contributed by atoms with E-state index in [1.165, 1.54) is 0 Å². The minimum atomic E-state index is 0.567.